The SMILES string of the molecule is CCCN1C(=O)c2c(Cl)cc(Cl)c(N)c2C1=O. The maximum atomic E-state index is 12.0. The highest BCUT2D eigenvalue weighted by molar-refractivity contribution is 6.42. The van der Waals surface area contributed by atoms with E-state index in [1.165, 1.54) is 6.07 Å². The van der Waals surface area contributed by atoms with Crippen molar-refractivity contribution in [2.75, 3.05) is 12.3 Å². The summed E-state index contributed by atoms with van der Waals surface area (Å²) in [7, 11) is 0. The van der Waals surface area contributed by atoms with Crippen molar-refractivity contribution >= 4 is 40.7 Å². The van der Waals surface area contributed by atoms with Crippen molar-refractivity contribution in [1.29, 1.82) is 0 Å². The summed E-state index contributed by atoms with van der Waals surface area (Å²) in [6.07, 6.45) is 0.677. The van der Waals surface area contributed by atoms with Crippen LogP contribution in [0.1, 0.15) is 34.1 Å². The molecule has 17 heavy (non-hydrogen) atoms. The Morgan fingerprint density at radius 2 is 1.76 bits per heavy atom. The largest absolute Gasteiger partial charge is 0.397 e. The molecule has 0 aromatic heterocycles. The van der Waals surface area contributed by atoms with E-state index in [-0.39, 0.29) is 26.9 Å². The molecule has 0 bridgehead atoms. The van der Waals surface area contributed by atoms with Gasteiger partial charge in [-0.2, -0.15) is 0 Å². The summed E-state index contributed by atoms with van der Waals surface area (Å²) in [5, 5.41) is 0.351. The molecule has 6 heteroatoms. The van der Waals surface area contributed by atoms with E-state index in [1.54, 1.807) is 0 Å². The molecule has 2 rings (SSSR count). The Morgan fingerprint density at radius 1 is 1.18 bits per heavy atom. The van der Waals surface area contributed by atoms with E-state index < -0.39 is 11.8 Å². The predicted molar refractivity (Wildman–Crippen MR) is 66.5 cm³/mol. The van der Waals surface area contributed by atoms with E-state index in [2.05, 4.69) is 0 Å². The van der Waals surface area contributed by atoms with Crippen LogP contribution in [0.15, 0.2) is 6.07 Å². The smallest absolute Gasteiger partial charge is 0.263 e. The van der Waals surface area contributed by atoms with Gasteiger partial charge >= 0.3 is 0 Å². The molecule has 0 aliphatic carbocycles. The van der Waals surface area contributed by atoms with Gasteiger partial charge in [0.2, 0.25) is 0 Å². The number of hydrogen-bond acceptors (Lipinski definition) is 3. The topological polar surface area (TPSA) is 63.4 Å². The van der Waals surface area contributed by atoms with Crippen LogP contribution in [-0.4, -0.2) is 23.3 Å². The highest BCUT2D eigenvalue weighted by atomic mass is 35.5. The highest BCUT2D eigenvalue weighted by Crippen LogP contribution is 2.37. The first-order valence-electron chi connectivity index (χ1n) is 5.12. The fourth-order valence-corrected chi connectivity index (χ4v) is 2.40. The van der Waals surface area contributed by atoms with Crippen LogP contribution in [0, 0.1) is 0 Å². The van der Waals surface area contributed by atoms with Gasteiger partial charge < -0.3 is 5.73 Å². The summed E-state index contributed by atoms with van der Waals surface area (Å²) in [5.41, 5.74) is 6.12. The molecule has 1 heterocycles. The second kappa shape index (κ2) is 4.20. The molecule has 2 amide bonds. The van der Waals surface area contributed by atoms with Gasteiger partial charge in [-0.25, -0.2) is 0 Å². The lowest BCUT2D eigenvalue weighted by Gasteiger charge is -2.11. The van der Waals surface area contributed by atoms with Gasteiger partial charge in [0.1, 0.15) is 0 Å². The third kappa shape index (κ3) is 1.68. The van der Waals surface area contributed by atoms with Gasteiger partial charge in [0, 0.05) is 6.54 Å². The van der Waals surface area contributed by atoms with Crippen molar-refractivity contribution in [2.24, 2.45) is 0 Å². The molecular formula is C11H10Cl2N2O2. The fourth-order valence-electron chi connectivity index (χ4n) is 1.85. The summed E-state index contributed by atoms with van der Waals surface area (Å²) in [6.45, 7) is 2.22. The Balaban J connectivity index is 2.65. The average molecular weight is 273 g/mol. The van der Waals surface area contributed by atoms with Crippen LogP contribution < -0.4 is 5.73 Å². The number of carbonyl (C=O) groups is 2. The fraction of sp³-hybridized carbons (Fsp3) is 0.273. The molecule has 1 aromatic carbocycles. The molecule has 0 saturated heterocycles. The summed E-state index contributed by atoms with van der Waals surface area (Å²) in [4.78, 5) is 25.2. The number of nitrogen functional groups attached to an aromatic ring is 1. The normalized spacial score (nSPS) is 14.4. The first-order valence-corrected chi connectivity index (χ1v) is 5.88. The molecule has 0 spiro atoms. The molecule has 0 radical (unpaired) electrons. The number of carbonyl (C=O) groups excluding carboxylic acids is 2. The number of rotatable bonds is 2. The van der Waals surface area contributed by atoms with Gasteiger partial charge in [0.05, 0.1) is 26.9 Å². The maximum Gasteiger partial charge on any atom is 0.263 e. The molecule has 0 atom stereocenters. The lowest BCUT2D eigenvalue weighted by Crippen LogP contribution is -2.30. The minimum atomic E-state index is -0.422. The van der Waals surface area contributed by atoms with E-state index in [9.17, 15) is 9.59 Å². The van der Waals surface area contributed by atoms with Crippen LogP contribution in [0.2, 0.25) is 10.0 Å². The lowest BCUT2D eigenvalue weighted by molar-refractivity contribution is 0.0655. The Labute approximate surface area is 108 Å². The third-order valence-corrected chi connectivity index (χ3v) is 3.24. The summed E-state index contributed by atoms with van der Waals surface area (Å²) in [6, 6.07) is 1.39. The molecule has 1 aliphatic rings. The van der Waals surface area contributed by atoms with Gasteiger partial charge in [0.15, 0.2) is 0 Å². The zero-order chi connectivity index (χ0) is 12.7. The monoisotopic (exact) mass is 272 g/mol. The Bertz CT molecular complexity index is 529. The molecule has 90 valence electrons. The van der Waals surface area contributed by atoms with E-state index >= 15 is 0 Å². The van der Waals surface area contributed by atoms with Crippen molar-refractivity contribution < 1.29 is 9.59 Å². The first-order chi connectivity index (χ1) is 7.99. The molecule has 1 aliphatic heterocycles. The first kappa shape index (κ1) is 12.2. The predicted octanol–water partition coefficient (Wildman–Crippen LogP) is 2.58. The summed E-state index contributed by atoms with van der Waals surface area (Å²) >= 11 is 11.8. The Hall–Kier alpha value is -1.26. The molecule has 4 nitrogen and oxygen atoms in total. The van der Waals surface area contributed by atoms with Crippen molar-refractivity contribution in [2.45, 2.75) is 13.3 Å². The number of halogens is 2. The van der Waals surface area contributed by atoms with Gasteiger partial charge in [-0.1, -0.05) is 30.1 Å². The second-order valence-electron chi connectivity index (χ2n) is 3.77. The van der Waals surface area contributed by atoms with Crippen LogP contribution in [0.5, 0.6) is 0 Å². The second-order valence-corrected chi connectivity index (χ2v) is 4.58. The zero-order valence-corrected chi connectivity index (χ0v) is 10.6. The lowest BCUT2D eigenvalue weighted by atomic mass is 10.1. The maximum absolute atomic E-state index is 12.0. The molecule has 1 aromatic rings. The quantitative estimate of drug-likeness (QED) is 0.665. The van der Waals surface area contributed by atoms with Crippen LogP contribution in [-0.2, 0) is 0 Å². The highest BCUT2D eigenvalue weighted by Gasteiger charge is 2.39. The van der Waals surface area contributed by atoms with Crippen molar-refractivity contribution in [3.63, 3.8) is 0 Å². The van der Waals surface area contributed by atoms with Crippen LogP contribution >= 0.6 is 23.2 Å². The van der Waals surface area contributed by atoms with E-state index in [4.69, 9.17) is 28.9 Å². The number of nitrogens with zero attached hydrogens (tertiary/aromatic N) is 1. The van der Waals surface area contributed by atoms with Crippen molar-refractivity contribution in [1.82, 2.24) is 4.90 Å². The number of nitrogens with two attached hydrogens (primary N) is 1. The van der Waals surface area contributed by atoms with E-state index in [0.717, 1.165) is 4.90 Å². The number of fused-ring (bicyclic) bond motifs is 1. The zero-order valence-electron chi connectivity index (χ0n) is 9.09. The van der Waals surface area contributed by atoms with Gasteiger partial charge in [-0.15, -0.1) is 0 Å². The number of imide groups is 1. The number of benzene rings is 1. The minimum Gasteiger partial charge on any atom is -0.397 e. The van der Waals surface area contributed by atoms with E-state index in [0.29, 0.717) is 13.0 Å². The number of hydrogen-bond donors (Lipinski definition) is 1. The van der Waals surface area contributed by atoms with Crippen LogP contribution in [0.25, 0.3) is 0 Å². The van der Waals surface area contributed by atoms with Gasteiger partial charge in [-0.05, 0) is 12.5 Å². The summed E-state index contributed by atoms with van der Waals surface area (Å²) < 4.78 is 0. The number of amides is 2. The molecular weight excluding hydrogens is 263 g/mol. The summed E-state index contributed by atoms with van der Waals surface area (Å²) in [5.74, 6) is -0.825. The molecule has 0 unspecified atom stereocenters. The Kier molecular flexibility index (Phi) is 3.02. The third-order valence-electron chi connectivity index (χ3n) is 2.63. The molecule has 2 N–H and O–H groups in total. The molecule has 0 fully saturated rings. The average Bonchev–Trinajstić information content (AvgIpc) is 2.51. The number of anilines is 1. The van der Waals surface area contributed by atoms with Gasteiger partial charge in [0.25, 0.3) is 11.8 Å². The van der Waals surface area contributed by atoms with Crippen LogP contribution in [0.3, 0.4) is 0 Å². The van der Waals surface area contributed by atoms with Crippen LogP contribution in [0.4, 0.5) is 5.69 Å². The van der Waals surface area contributed by atoms with Gasteiger partial charge in [-0.3, -0.25) is 14.5 Å². The van der Waals surface area contributed by atoms with Crippen molar-refractivity contribution in [3.05, 3.63) is 27.2 Å². The molecule has 0 saturated carbocycles. The van der Waals surface area contributed by atoms with E-state index in [1.807, 2.05) is 6.92 Å². The van der Waals surface area contributed by atoms with Crippen molar-refractivity contribution in [3.8, 4) is 0 Å². The Morgan fingerprint density at radius 3 is 2.35 bits per heavy atom. The minimum absolute atomic E-state index is 0.114. The standard InChI is InChI=1S/C11H10Cl2N2O2/c1-2-3-15-10(16)7-5(12)4-6(13)9(14)8(7)11(15)17/h4H,2-3,14H2,1H3.